The van der Waals surface area contributed by atoms with Gasteiger partial charge in [0.05, 0.1) is 5.51 Å². The van der Waals surface area contributed by atoms with Crippen LogP contribution in [-0.2, 0) is 4.74 Å². The summed E-state index contributed by atoms with van der Waals surface area (Å²) in [5, 5.41) is 12.8. The fourth-order valence-electron chi connectivity index (χ4n) is 1.86. The third-order valence-corrected chi connectivity index (χ3v) is 3.93. The van der Waals surface area contributed by atoms with E-state index in [2.05, 4.69) is 17.2 Å². The van der Waals surface area contributed by atoms with Gasteiger partial charge in [-0.05, 0) is 18.3 Å². The fourth-order valence-corrected chi connectivity index (χ4v) is 2.53. The van der Waals surface area contributed by atoms with Gasteiger partial charge in [-0.1, -0.05) is 6.92 Å². The first-order valence-corrected chi connectivity index (χ1v) is 6.47. The Labute approximate surface area is 104 Å². The molecule has 0 aliphatic carbocycles. The average molecular weight is 256 g/mol. The topological polar surface area (TPSA) is 71.5 Å². The molecule has 0 aromatic carbocycles. The molecule has 0 radical (unpaired) electrons. The van der Waals surface area contributed by atoms with Gasteiger partial charge in [-0.2, -0.15) is 0 Å². The first kappa shape index (κ1) is 12.3. The van der Waals surface area contributed by atoms with Gasteiger partial charge in [0.15, 0.2) is 5.69 Å². The third-order valence-electron chi connectivity index (χ3n) is 3.15. The highest BCUT2D eigenvalue weighted by molar-refractivity contribution is 7.14. The molecular formula is C11H16N2O3S. The molecule has 1 aliphatic rings. The highest BCUT2D eigenvalue weighted by Gasteiger charge is 2.27. The predicted molar refractivity (Wildman–Crippen MR) is 65.7 cm³/mol. The van der Waals surface area contributed by atoms with Crippen LogP contribution >= 0.6 is 11.3 Å². The molecule has 1 aromatic heterocycles. The largest absolute Gasteiger partial charge is 0.476 e. The van der Waals surface area contributed by atoms with Gasteiger partial charge >= 0.3 is 5.97 Å². The molecule has 2 N–H and O–H groups in total. The van der Waals surface area contributed by atoms with Crippen LogP contribution in [0.25, 0.3) is 0 Å². The zero-order valence-corrected chi connectivity index (χ0v) is 10.5. The number of thiazole rings is 1. The lowest BCUT2D eigenvalue weighted by atomic mass is 9.82. The molecule has 2 rings (SSSR count). The van der Waals surface area contributed by atoms with Gasteiger partial charge < -0.3 is 15.2 Å². The Morgan fingerprint density at radius 2 is 2.35 bits per heavy atom. The molecule has 0 spiro atoms. The first-order valence-electron chi connectivity index (χ1n) is 5.59. The lowest BCUT2D eigenvalue weighted by Crippen LogP contribution is -2.33. The Hall–Kier alpha value is -1.14. The second-order valence-electron chi connectivity index (χ2n) is 4.61. The minimum Gasteiger partial charge on any atom is -0.476 e. The quantitative estimate of drug-likeness (QED) is 0.863. The van der Waals surface area contributed by atoms with Crippen molar-refractivity contribution < 1.29 is 14.6 Å². The van der Waals surface area contributed by atoms with Gasteiger partial charge in [-0.15, -0.1) is 11.3 Å². The maximum absolute atomic E-state index is 10.9. The van der Waals surface area contributed by atoms with E-state index in [4.69, 9.17) is 9.84 Å². The molecular weight excluding hydrogens is 240 g/mol. The molecule has 0 saturated carbocycles. The normalized spacial score (nSPS) is 18.9. The van der Waals surface area contributed by atoms with E-state index in [1.165, 1.54) is 11.3 Å². The summed E-state index contributed by atoms with van der Waals surface area (Å²) in [7, 11) is 0. The van der Waals surface area contributed by atoms with E-state index in [1.807, 2.05) is 0 Å². The zero-order chi connectivity index (χ0) is 12.3. The molecule has 2 heterocycles. The van der Waals surface area contributed by atoms with E-state index in [0.29, 0.717) is 5.00 Å². The Morgan fingerprint density at radius 3 is 3.00 bits per heavy atom. The Balaban J connectivity index is 1.97. The minimum atomic E-state index is -0.981. The smallest absolute Gasteiger partial charge is 0.357 e. The standard InChI is InChI=1S/C11H16N2O3S/c1-11(2-4-16-5-3-11)6-12-9-8(10(14)15)13-7-17-9/h7,12H,2-6H2,1H3,(H,14,15). The van der Waals surface area contributed by atoms with Gasteiger partial charge in [0.25, 0.3) is 0 Å². The van der Waals surface area contributed by atoms with E-state index in [0.717, 1.165) is 32.6 Å². The molecule has 5 nitrogen and oxygen atoms in total. The fraction of sp³-hybridized carbons (Fsp3) is 0.636. The van der Waals surface area contributed by atoms with Crippen LogP contribution in [-0.4, -0.2) is 35.8 Å². The number of aromatic nitrogens is 1. The summed E-state index contributed by atoms with van der Waals surface area (Å²) in [5.74, 6) is -0.981. The molecule has 0 amide bonds. The van der Waals surface area contributed by atoms with Crippen molar-refractivity contribution >= 4 is 22.3 Å². The number of nitrogens with one attached hydrogen (secondary N) is 1. The van der Waals surface area contributed by atoms with Crippen LogP contribution in [0.5, 0.6) is 0 Å². The maximum atomic E-state index is 10.9. The molecule has 1 aromatic rings. The van der Waals surface area contributed by atoms with Gasteiger partial charge in [0, 0.05) is 19.8 Å². The molecule has 1 aliphatic heterocycles. The van der Waals surface area contributed by atoms with Gasteiger partial charge in [-0.3, -0.25) is 0 Å². The first-order chi connectivity index (χ1) is 8.11. The molecule has 0 unspecified atom stereocenters. The molecule has 17 heavy (non-hydrogen) atoms. The minimum absolute atomic E-state index is 0.116. The molecule has 94 valence electrons. The van der Waals surface area contributed by atoms with E-state index in [-0.39, 0.29) is 11.1 Å². The van der Waals surface area contributed by atoms with Crippen LogP contribution in [0.15, 0.2) is 5.51 Å². The highest BCUT2D eigenvalue weighted by Crippen LogP contribution is 2.31. The monoisotopic (exact) mass is 256 g/mol. The van der Waals surface area contributed by atoms with Crippen molar-refractivity contribution in [3.8, 4) is 0 Å². The van der Waals surface area contributed by atoms with Crippen LogP contribution in [0.3, 0.4) is 0 Å². The number of carbonyl (C=O) groups is 1. The number of anilines is 1. The van der Waals surface area contributed by atoms with Crippen LogP contribution < -0.4 is 5.32 Å². The van der Waals surface area contributed by atoms with Crippen LogP contribution in [0, 0.1) is 5.41 Å². The van der Waals surface area contributed by atoms with Crippen LogP contribution in [0.2, 0.25) is 0 Å². The third kappa shape index (κ3) is 2.95. The Kier molecular flexibility index (Phi) is 3.63. The Morgan fingerprint density at radius 1 is 1.65 bits per heavy atom. The zero-order valence-electron chi connectivity index (χ0n) is 9.73. The van der Waals surface area contributed by atoms with Gasteiger partial charge in [-0.25, -0.2) is 9.78 Å². The number of nitrogens with zero attached hydrogens (tertiary/aromatic N) is 1. The second-order valence-corrected chi connectivity index (χ2v) is 5.47. The van der Waals surface area contributed by atoms with Crippen molar-refractivity contribution in [3.05, 3.63) is 11.2 Å². The van der Waals surface area contributed by atoms with E-state index >= 15 is 0 Å². The Bertz CT molecular complexity index is 399. The van der Waals surface area contributed by atoms with Crippen LogP contribution in [0.1, 0.15) is 30.3 Å². The van der Waals surface area contributed by atoms with E-state index in [9.17, 15) is 4.79 Å². The number of aromatic carboxylic acids is 1. The van der Waals surface area contributed by atoms with Crippen molar-refractivity contribution in [2.45, 2.75) is 19.8 Å². The van der Waals surface area contributed by atoms with Crippen LogP contribution in [0.4, 0.5) is 5.00 Å². The number of ether oxygens (including phenoxy) is 1. The van der Waals surface area contributed by atoms with Gasteiger partial charge in [0.1, 0.15) is 5.00 Å². The molecule has 1 saturated heterocycles. The van der Waals surface area contributed by atoms with Crippen molar-refractivity contribution in [3.63, 3.8) is 0 Å². The summed E-state index contributed by atoms with van der Waals surface area (Å²) in [4.78, 5) is 14.7. The number of carboxylic acid groups (broad SMARTS) is 1. The average Bonchev–Trinajstić information content (AvgIpc) is 2.76. The molecule has 0 bridgehead atoms. The van der Waals surface area contributed by atoms with Gasteiger partial charge in [0.2, 0.25) is 0 Å². The molecule has 1 fully saturated rings. The number of hydrogen-bond donors (Lipinski definition) is 2. The summed E-state index contributed by atoms with van der Waals surface area (Å²) in [6.07, 6.45) is 2.00. The summed E-state index contributed by atoms with van der Waals surface area (Å²) >= 11 is 1.33. The van der Waals surface area contributed by atoms with Crippen molar-refractivity contribution in [2.24, 2.45) is 5.41 Å². The SMILES string of the molecule is CC1(CNc2scnc2C(=O)O)CCOCC1. The number of carboxylic acids is 1. The van der Waals surface area contributed by atoms with Crippen molar-refractivity contribution in [2.75, 3.05) is 25.1 Å². The van der Waals surface area contributed by atoms with Crippen molar-refractivity contribution in [1.29, 1.82) is 0 Å². The molecule has 0 atom stereocenters. The maximum Gasteiger partial charge on any atom is 0.357 e. The summed E-state index contributed by atoms with van der Waals surface area (Å²) in [5.41, 5.74) is 1.85. The van der Waals surface area contributed by atoms with Crippen molar-refractivity contribution in [1.82, 2.24) is 4.98 Å². The second kappa shape index (κ2) is 5.01. The summed E-state index contributed by atoms with van der Waals surface area (Å²) < 4.78 is 5.33. The summed E-state index contributed by atoms with van der Waals surface area (Å²) in [6.45, 7) is 4.53. The number of hydrogen-bond acceptors (Lipinski definition) is 5. The van der Waals surface area contributed by atoms with E-state index in [1.54, 1.807) is 5.51 Å². The highest BCUT2D eigenvalue weighted by atomic mass is 32.1. The number of rotatable bonds is 4. The summed E-state index contributed by atoms with van der Waals surface area (Å²) in [6, 6.07) is 0. The lowest BCUT2D eigenvalue weighted by molar-refractivity contribution is 0.0300. The lowest BCUT2D eigenvalue weighted by Gasteiger charge is -2.33. The van der Waals surface area contributed by atoms with E-state index < -0.39 is 5.97 Å². The molecule has 6 heteroatoms. The predicted octanol–water partition coefficient (Wildman–Crippen LogP) is 2.07.